The molecule has 0 unspecified atom stereocenters. The average molecular weight is 339 g/mol. The van der Waals surface area contributed by atoms with Gasteiger partial charge in [-0.25, -0.2) is 0 Å². The molecule has 3 saturated carbocycles. The second kappa shape index (κ2) is 4.66. The van der Waals surface area contributed by atoms with E-state index in [1.807, 2.05) is 4.90 Å². The number of carboxylic acid groups (broad SMARTS) is 1. The summed E-state index contributed by atoms with van der Waals surface area (Å²) in [5.41, 5.74) is 1.68. The lowest BCUT2D eigenvalue weighted by Crippen LogP contribution is -2.62. The first kappa shape index (κ1) is 15.4. The molecule has 1 aromatic rings. The number of carbonyl (C=O) groups is 2. The van der Waals surface area contributed by atoms with Gasteiger partial charge in [-0.1, -0.05) is 36.2 Å². The number of nitrogens with zero attached hydrogens (tertiary/aromatic N) is 1. The Morgan fingerprint density at radius 3 is 2.40 bits per heavy atom. The van der Waals surface area contributed by atoms with Crippen LogP contribution in [0.25, 0.3) is 0 Å². The smallest absolute Gasteiger partial charge is 0.319 e. The van der Waals surface area contributed by atoms with Gasteiger partial charge in [0.05, 0.1) is 0 Å². The maximum Gasteiger partial charge on any atom is 0.319 e. The summed E-state index contributed by atoms with van der Waals surface area (Å²) in [5, 5.41) is 9.81. The third-order valence-electron chi connectivity index (χ3n) is 7.65. The quantitative estimate of drug-likeness (QED) is 0.861. The molecule has 4 nitrogen and oxygen atoms in total. The minimum absolute atomic E-state index is 0.0843. The van der Waals surface area contributed by atoms with Crippen LogP contribution in [0.4, 0.5) is 0 Å². The van der Waals surface area contributed by atoms with Crippen LogP contribution in [0.3, 0.4) is 0 Å². The minimum atomic E-state index is -1.13. The zero-order valence-electron chi connectivity index (χ0n) is 14.8. The SMILES string of the molecule is Cc1ccc([C@]23C[C@H]2CN(C(=O)C2(C(=O)O)CC4(CCC4)C2)C3)cc1. The molecule has 1 amide bonds. The second-order valence-electron chi connectivity index (χ2n) is 9.20. The van der Waals surface area contributed by atoms with Crippen molar-refractivity contribution < 1.29 is 14.7 Å². The van der Waals surface area contributed by atoms with Crippen molar-refractivity contribution in [3.05, 3.63) is 35.4 Å². The van der Waals surface area contributed by atoms with Gasteiger partial charge in [0.15, 0.2) is 0 Å². The van der Waals surface area contributed by atoms with Gasteiger partial charge in [-0.15, -0.1) is 0 Å². The Morgan fingerprint density at radius 1 is 1.16 bits per heavy atom. The zero-order chi connectivity index (χ0) is 17.4. The van der Waals surface area contributed by atoms with Gasteiger partial charge in [-0.05, 0) is 55.9 Å². The second-order valence-corrected chi connectivity index (χ2v) is 9.20. The van der Waals surface area contributed by atoms with E-state index in [-0.39, 0.29) is 16.7 Å². The standard InChI is InChI=1S/C21H25NO3/c1-14-3-5-15(6-4-14)20-9-16(20)10-22(13-20)17(23)21(18(24)25)11-19(12-21)7-2-8-19/h3-6,16H,2,7-13H2,1H3,(H,24,25)/t16-,20+/m0/s1. The molecule has 132 valence electrons. The molecular formula is C21H25NO3. The average Bonchev–Trinajstić information content (AvgIpc) is 3.07. The van der Waals surface area contributed by atoms with E-state index in [0.29, 0.717) is 25.3 Å². The van der Waals surface area contributed by atoms with E-state index in [1.54, 1.807) is 0 Å². The molecule has 0 aromatic heterocycles. The molecule has 1 aliphatic heterocycles. The first-order chi connectivity index (χ1) is 11.9. The number of fused-ring (bicyclic) bond motifs is 1. The van der Waals surface area contributed by atoms with E-state index in [2.05, 4.69) is 31.2 Å². The fourth-order valence-corrected chi connectivity index (χ4v) is 5.93. The monoisotopic (exact) mass is 339 g/mol. The van der Waals surface area contributed by atoms with E-state index in [0.717, 1.165) is 25.8 Å². The number of hydrogen-bond donors (Lipinski definition) is 1. The fourth-order valence-electron chi connectivity index (χ4n) is 5.93. The van der Waals surface area contributed by atoms with Gasteiger partial charge in [0, 0.05) is 18.5 Å². The summed E-state index contributed by atoms with van der Waals surface area (Å²) in [5.74, 6) is -0.515. The topological polar surface area (TPSA) is 57.6 Å². The summed E-state index contributed by atoms with van der Waals surface area (Å²) in [7, 11) is 0. The lowest BCUT2D eigenvalue weighted by atomic mass is 9.45. The number of aliphatic carboxylic acids is 1. The van der Waals surface area contributed by atoms with Gasteiger partial charge >= 0.3 is 5.97 Å². The minimum Gasteiger partial charge on any atom is -0.480 e. The van der Waals surface area contributed by atoms with Crippen LogP contribution in [0, 0.1) is 23.7 Å². The molecule has 1 spiro atoms. The van der Waals surface area contributed by atoms with Gasteiger partial charge in [0.2, 0.25) is 5.91 Å². The van der Waals surface area contributed by atoms with E-state index in [1.165, 1.54) is 17.5 Å². The van der Waals surface area contributed by atoms with Gasteiger partial charge in [0.25, 0.3) is 0 Å². The van der Waals surface area contributed by atoms with Crippen molar-refractivity contribution in [1.82, 2.24) is 4.90 Å². The number of likely N-dealkylation sites (tertiary alicyclic amines) is 1. The van der Waals surface area contributed by atoms with Crippen molar-refractivity contribution in [2.45, 2.75) is 50.9 Å². The summed E-state index contributed by atoms with van der Waals surface area (Å²) in [6, 6.07) is 8.63. The molecule has 2 atom stereocenters. The number of piperidine rings is 1. The molecule has 1 heterocycles. The number of rotatable bonds is 3. The van der Waals surface area contributed by atoms with E-state index in [4.69, 9.17) is 0 Å². The van der Waals surface area contributed by atoms with Gasteiger partial charge in [-0.3, -0.25) is 9.59 Å². The molecule has 4 heteroatoms. The molecule has 25 heavy (non-hydrogen) atoms. The predicted octanol–water partition coefficient (Wildman–Crippen LogP) is 3.13. The van der Waals surface area contributed by atoms with E-state index in [9.17, 15) is 14.7 Å². The van der Waals surface area contributed by atoms with E-state index < -0.39 is 11.4 Å². The number of amides is 1. The van der Waals surface area contributed by atoms with Crippen LogP contribution in [0.5, 0.6) is 0 Å². The molecular weight excluding hydrogens is 314 g/mol. The van der Waals surface area contributed by atoms with Crippen LogP contribution in [0.15, 0.2) is 24.3 Å². The number of benzene rings is 1. The molecule has 0 bridgehead atoms. The lowest BCUT2D eigenvalue weighted by molar-refractivity contribution is -0.186. The van der Waals surface area contributed by atoms with Gasteiger partial charge < -0.3 is 10.0 Å². The summed E-state index contributed by atoms with van der Waals surface area (Å²) >= 11 is 0. The van der Waals surface area contributed by atoms with Crippen LogP contribution in [-0.4, -0.2) is 35.0 Å². The van der Waals surface area contributed by atoms with Crippen molar-refractivity contribution in [3.8, 4) is 0 Å². The highest BCUT2D eigenvalue weighted by Gasteiger charge is 2.69. The molecule has 3 aliphatic carbocycles. The largest absolute Gasteiger partial charge is 0.480 e. The van der Waals surface area contributed by atoms with Crippen molar-refractivity contribution in [3.63, 3.8) is 0 Å². The van der Waals surface area contributed by atoms with Crippen LogP contribution in [0.1, 0.15) is 49.7 Å². The number of carbonyl (C=O) groups excluding carboxylic acids is 1. The molecule has 1 saturated heterocycles. The summed E-state index contributed by atoms with van der Waals surface area (Å²) < 4.78 is 0. The highest BCUT2D eigenvalue weighted by Crippen LogP contribution is 2.66. The van der Waals surface area contributed by atoms with Crippen molar-refractivity contribution in [2.75, 3.05) is 13.1 Å². The number of hydrogen-bond acceptors (Lipinski definition) is 2. The molecule has 4 fully saturated rings. The molecule has 0 radical (unpaired) electrons. The predicted molar refractivity (Wildman–Crippen MR) is 93.1 cm³/mol. The van der Waals surface area contributed by atoms with Crippen LogP contribution in [0.2, 0.25) is 0 Å². The number of carboxylic acids is 1. The Balaban J connectivity index is 1.36. The first-order valence-corrected chi connectivity index (χ1v) is 9.49. The first-order valence-electron chi connectivity index (χ1n) is 9.49. The maximum atomic E-state index is 13.2. The summed E-state index contributed by atoms with van der Waals surface area (Å²) in [6.07, 6.45) is 5.65. The third-order valence-corrected chi connectivity index (χ3v) is 7.65. The Bertz CT molecular complexity index is 756. The highest BCUT2D eigenvalue weighted by atomic mass is 16.4. The number of aryl methyl sites for hydroxylation is 1. The molecule has 1 N–H and O–H groups in total. The Hall–Kier alpha value is -1.84. The van der Waals surface area contributed by atoms with Crippen molar-refractivity contribution in [2.24, 2.45) is 16.7 Å². The van der Waals surface area contributed by atoms with Gasteiger partial charge in [0.1, 0.15) is 5.41 Å². The molecule has 5 rings (SSSR count). The normalized spacial score (nSPS) is 33.3. The fraction of sp³-hybridized carbons (Fsp3) is 0.619. The van der Waals surface area contributed by atoms with Gasteiger partial charge in [-0.2, -0.15) is 0 Å². The third kappa shape index (κ3) is 1.94. The highest BCUT2D eigenvalue weighted by molar-refractivity contribution is 6.03. The summed E-state index contributed by atoms with van der Waals surface area (Å²) in [6.45, 7) is 3.51. The summed E-state index contributed by atoms with van der Waals surface area (Å²) in [4.78, 5) is 27.0. The van der Waals surface area contributed by atoms with Crippen LogP contribution < -0.4 is 0 Å². The zero-order valence-corrected chi connectivity index (χ0v) is 14.8. The Morgan fingerprint density at radius 2 is 1.84 bits per heavy atom. The molecule has 1 aromatic carbocycles. The molecule has 4 aliphatic rings. The van der Waals surface area contributed by atoms with Crippen molar-refractivity contribution >= 4 is 11.9 Å². The van der Waals surface area contributed by atoms with E-state index >= 15 is 0 Å². The Kier molecular flexibility index (Phi) is 2.87. The maximum absolute atomic E-state index is 13.2. The lowest BCUT2D eigenvalue weighted by Gasteiger charge is -2.58. The van der Waals surface area contributed by atoms with Crippen LogP contribution in [-0.2, 0) is 15.0 Å². The Labute approximate surface area is 148 Å². The van der Waals surface area contributed by atoms with Crippen molar-refractivity contribution in [1.29, 1.82) is 0 Å². The van der Waals surface area contributed by atoms with Crippen LogP contribution >= 0.6 is 0 Å².